The van der Waals surface area contributed by atoms with Gasteiger partial charge in [-0.1, -0.05) is 0 Å². The van der Waals surface area contributed by atoms with Gasteiger partial charge in [0.2, 0.25) is 5.88 Å². The van der Waals surface area contributed by atoms with Crippen LogP contribution in [0.4, 0.5) is 5.82 Å². The lowest BCUT2D eigenvalue weighted by atomic mass is 10.4. The Hall–Kier alpha value is -1.80. The molecule has 1 aromatic heterocycles. The zero-order valence-electron chi connectivity index (χ0n) is 10.9. The molecule has 0 saturated heterocycles. The molecule has 0 bridgehead atoms. The summed E-state index contributed by atoms with van der Waals surface area (Å²) in [5.74, 6) is 4.37. The second kappa shape index (κ2) is 8.31. The molecule has 1 aromatic rings. The molecule has 0 saturated carbocycles. The highest BCUT2D eigenvalue weighted by Crippen LogP contribution is 2.14. The fraction of sp³-hybridized carbons (Fsp3) is 0.538. The van der Waals surface area contributed by atoms with Gasteiger partial charge in [0, 0.05) is 25.6 Å². The van der Waals surface area contributed by atoms with Crippen molar-refractivity contribution in [3.05, 3.63) is 11.9 Å². The molecule has 98 valence electrons. The maximum absolute atomic E-state index is 5.46. The Morgan fingerprint density at radius 1 is 1.39 bits per heavy atom. The predicted molar refractivity (Wildman–Crippen MR) is 70.5 cm³/mol. The number of hydrogen-bond donors (Lipinski definition) is 1. The Balaban J connectivity index is 2.74. The minimum absolute atomic E-state index is 0.376. The van der Waals surface area contributed by atoms with Gasteiger partial charge in [-0.3, -0.25) is 0 Å². The van der Waals surface area contributed by atoms with E-state index in [9.17, 15) is 0 Å². The third-order valence-electron chi connectivity index (χ3n) is 2.04. The van der Waals surface area contributed by atoms with Gasteiger partial charge in [0.25, 0.3) is 0 Å². The first-order valence-electron chi connectivity index (χ1n) is 6.06. The van der Waals surface area contributed by atoms with Crippen molar-refractivity contribution in [3.8, 4) is 18.2 Å². The van der Waals surface area contributed by atoms with Crippen molar-refractivity contribution in [1.29, 1.82) is 0 Å². The van der Waals surface area contributed by atoms with Crippen LogP contribution in [0.25, 0.3) is 0 Å². The molecule has 1 rings (SSSR count). The molecule has 1 heterocycles. The molecule has 0 aliphatic rings. The van der Waals surface area contributed by atoms with Crippen molar-refractivity contribution in [2.75, 3.05) is 25.1 Å². The van der Waals surface area contributed by atoms with Crippen LogP contribution >= 0.6 is 0 Å². The maximum atomic E-state index is 5.46. The van der Waals surface area contributed by atoms with Crippen LogP contribution in [0.3, 0.4) is 0 Å². The summed E-state index contributed by atoms with van der Waals surface area (Å²) in [6.45, 7) is 6.17. The number of nitrogens with one attached hydrogen (secondary N) is 1. The van der Waals surface area contributed by atoms with Gasteiger partial charge in [0.15, 0.2) is 5.82 Å². The molecule has 0 atom stereocenters. The van der Waals surface area contributed by atoms with E-state index < -0.39 is 0 Å². The molecular weight excluding hydrogens is 230 g/mol. The largest absolute Gasteiger partial charge is 0.477 e. The van der Waals surface area contributed by atoms with Crippen LogP contribution < -0.4 is 10.1 Å². The molecule has 5 nitrogen and oxygen atoms in total. The van der Waals surface area contributed by atoms with Crippen LogP contribution in [0, 0.1) is 12.3 Å². The Bertz CT molecular complexity index is 402. The summed E-state index contributed by atoms with van der Waals surface area (Å²) in [6.07, 6.45) is 5.73. The van der Waals surface area contributed by atoms with Crippen molar-refractivity contribution >= 4 is 5.82 Å². The topological polar surface area (TPSA) is 56.3 Å². The highest BCUT2D eigenvalue weighted by Gasteiger charge is 2.05. The Morgan fingerprint density at radius 3 is 2.89 bits per heavy atom. The SMILES string of the molecule is C#CCCOc1cc(NCC)nc(COCC)n1. The van der Waals surface area contributed by atoms with Gasteiger partial charge < -0.3 is 14.8 Å². The molecule has 0 fully saturated rings. The molecule has 0 amide bonds. The first-order chi connectivity index (χ1) is 8.80. The smallest absolute Gasteiger partial charge is 0.218 e. The summed E-state index contributed by atoms with van der Waals surface area (Å²) in [5, 5.41) is 3.13. The molecule has 0 spiro atoms. The van der Waals surface area contributed by atoms with Crippen LogP contribution in [0.1, 0.15) is 26.1 Å². The molecule has 0 radical (unpaired) electrons. The number of ether oxygens (including phenoxy) is 2. The summed E-state index contributed by atoms with van der Waals surface area (Å²) >= 11 is 0. The van der Waals surface area contributed by atoms with E-state index >= 15 is 0 Å². The van der Waals surface area contributed by atoms with Crippen LogP contribution in [-0.4, -0.2) is 29.7 Å². The van der Waals surface area contributed by atoms with Crippen molar-refractivity contribution < 1.29 is 9.47 Å². The first-order valence-corrected chi connectivity index (χ1v) is 6.06. The van der Waals surface area contributed by atoms with Gasteiger partial charge in [-0.25, -0.2) is 4.98 Å². The number of nitrogens with zero attached hydrogens (tertiary/aromatic N) is 2. The van der Waals surface area contributed by atoms with Crippen molar-refractivity contribution in [1.82, 2.24) is 9.97 Å². The second-order valence-corrected chi connectivity index (χ2v) is 3.48. The summed E-state index contributed by atoms with van der Waals surface area (Å²) in [5.41, 5.74) is 0. The molecule has 0 unspecified atom stereocenters. The van der Waals surface area contributed by atoms with Gasteiger partial charge in [0.1, 0.15) is 19.0 Å². The average molecular weight is 249 g/mol. The van der Waals surface area contributed by atoms with Gasteiger partial charge in [-0.2, -0.15) is 4.98 Å². The molecule has 1 N–H and O–H groups in total. The lowest BCUT2D eigenvalue weighted by Gasteiger charge is -2.09. The van der Waals surface area contributed by atoms with Gasteiger partial charge in [0.05, 0.1) is 0 Å². The van der Waals surface area contributed by atoms with E-state index in [4.69, 9.17) is 15.9 Å². The number of anilines is 1. The summed E-state index contributed by atoms with van der Waals surface area (Å²) < 4.78 is 10.8. The average Bonchev–Trinajstić information content (AvgIpc) is 2.37. The van der Waals surface area contributed by atoms with Crippen molar-refractivity contribution in [2.24, 2.45) is 0 Å². The number of rotatable bonds is 8. The minimum Gasteiger partial charge on any atom is -0.477 e. The van der Waals surface area contributed by atoms with E-state index in [2.05, 4.69) is 21.2 Å². The van der Waals surface area contributed by atoms with Crippen LogP contribution in [0.15, 0.2) is 6.07 Å². The van der Waals surface area contributed by atoms with Gasteiger partial charge in [-0.15, -0.1) is 12.3 Å². The number of aromatic nitrogens is 2. The summed E-state index contributed by atoms with van der Waals surface area (Å²) in [4.78, 5) is 8.58. The van der Waals surface area contributed by atoms with Gasteiger partial charge >= 0.3 is 0 Å². The predicted octanol–water partition coefficient (Wildman–Crippen LogP) is 1.85. The van der Waals surface area contributed by atoms with E-state index in [1.54, 1.807) is 6.07 Å². The van der Waals surface area contributed by atoms with Crippen molar-refractivity contribution in [2.45, 2.75) is 26.9 Å². The maximum Gasteiger partial charge on any atom is 0.218 e. The van der Waals surface area contributed by atoms with Crippen molar-refractivity contribution in [3.63, 3.8) is 0 Å². The minimum atomic E-state index is 0.376. The molecular formula is C13H19N3O2. The zero-order valence-corrected chi connectivity index (χ0v) is 10.9. The fourth-order valence-corrected chi connectivity index (χ4v) is 1.29. The molecule has 0 aliphatic heterocycles. The van der Waals surface area contributed by atoms with Gasteiger partial charge in [-0.05, 0) is 13.8 Å². The molecule has 0 aliphatic carbocycles. The Labute approximate surface area is 108 Å². The highest BCUT2D eigenvalue weighted by molar-refractivity contribution is 5.38. The molecule has 5 heteroatoms. The third kappa shape index (κ3) is 5.02. The molecule has 0 aromatic carbocycles. The van der Waals surface area contributed by atoms with Crippen LogP contribution in [-0.2, 0) is 11.3 Å². The summed E-state index contributed by atoms with van der Waals surface area (Å²) in [7, 11) is 0. The van der Waals surface area contributed by atoms with E-state index in [0.29, 0.717) is 37.9 Å². The van der Waals surface area contributed by atoms with Crippen LogP contribution in [0.5, 0.6) is 5.88 Å². The highest BCUT2D eigenvalue weighted by atomic mass is 16.5. The third-order valence-corrected chi connectivity index (χ3v) is 2.04. The van der Waals surface area contributed by atoms with E-state index in [1.165, 1.54) is 0 Å². The first kappa shape index (κ1) is 14.3. The lowest BCUT2D eigenvalue weighted by molar-refractivity contribution is 0.127. The monoisotopic (exact) mass is 249 g/mol. The lowest BCUT2D eigenvalue weighted by Crippen LogP contribution is -2.07. The quantitative estimate of drug-likeness (QED) is 0.563. The Kier molecular flexibility index (Phi) is 6.59. The normalized spacial score (nSPS) is 9.83. The standard InChI is InChI=1S/C13H19N3O2/c1-4-7-8-18-13-9-11(14-5-2)15-12(16-13)10-17-6-3/h1,9H,5-8,10H2,2-3H3,(H,14,15,16). The number of hydrogen-bond acceptors (Lipinski definition) is 5. The number of terminal acetylenes is 1. The van der Waals surface area contributed by atoms with E-state index in [1.807, 2.05) is 13.8 Å². The zero-order chi connectivity index (χ0) is 13.2. The second-order valence-electron chi connectivity index (χ2n) is 3.48. The summed E-state index contributed by atoms with van der Waals surface area (Å²) in [6, 6.07) is 1.76. The van der Waals surface area contributed by atoms with Crippen LogP contribution in [0.2, 0.25) is 0 Å². The fourth-order valence-electron chi connectivity index (χ4n) is 1.29. The van der Waals surface area contributed by atoms with E-state index in [-0.39, 0.29) is 0 Å². The van der Waals surface area contributed by atoms with E-state index in [0.717, 1.165) is 12.4 Å². The Morgan fingerprint density at radius 2 is 2.22 bits per heavy atom. The molecule has 18 heavy (non-hydrogen) atoms.